The quantitative estimate of drug-likeness (QED) is 0.871. The molecular formula is C14H14F3N3. The van der Waals surface area contributed by atoms with E-state index in [-0.39, 0.29) is 5.56 Å². The lowest BCUT2D eigenvalue weighted by atomic mass is 10.1. The molecule has 0 unspecified atom stereocenters. The summed E-state index contributed by atoms with van der Waals surface area (Å²) in [5, 5.41) is 2.86. The van der Waals surface area contributed by atoms with Crippen LogP contribution in [0.3, 0.4) is 0 Å². The summed E-state index contributed by atoms with van der Waals surface area (Å²) in [4.78, 5) is 8.49. The maximum absolute atomic E-state index is 13.3. The lowest BCUT2D eigenvalue weighted by Gasteiger charge is -2.08. The second kappa shape index (κ2) is 5.90. The second-order valence-corrected chi connectivity index (χ2v) is 4.31. The predicted octanol–water partition coefficient (Wildman–Crippen LogP) is 3.56. The molecule has 0 spiro atoms. The van der Waals surface area contributed by atoms with Crippen molar-refractivity contribution in [1.29, 1.82) is 0 Å². The average Bonchev–Trinajstić information content (AvgIpc) is 2.44. The van der Waals surface area contributed by atoms with Crippen LogP contribution in [0.25, 0.3) is 11.3 Å². The van der Waals surface area contributed by atoms with Gasteiger partial charge >= 0.3 is 0 Å². The van der Waals surface area contributed by atoms with Crippen LogP contribution < -0.4 is 5.32 Å². The predicted molar refractivity (Wildman–Crippen MR) is 70.9 cm³/mol. The van der Waals surface area contributed by atoms with Gasteiger partial charge in [0.15, 0.2) is 17.5 Å². The molecule has 1 aromatic carbocycles. The van der Waals surface area contributed by atoms with Gasteiger partial charge in [0.1, 0.15) is 11.6 Å². The van der Waals surface area contributed by atoms with Gasteiger partial charge in [-0.25, -0.2) is 23.1 Å². The van der Waals surface area contributed by atoms with E-state index >= 15 is 0 Å². The topological polar surface area (TPSA) is 37.8 Å². The minimum atomic E-state index is -1.48. The van der Waals surface area contributed by atoms with E-state index in [1.165, 1.54) is 0 Å². The van der Waals surface area contributed by atoms with Crippen LogP contribution in [0.5, 0.6) is 0 Å². The molecule has 3 nitrogen and oxygen atoms in total. The van der Waals surface area contributed by atoms with Crippen LogP contribution in [-0.2, 0) is 6.42 Å². The summed E-state index contributed by atoms with van der Waals surface area (Å²) >= 11 is 0. The Morgan fingerprint density at radius 2 is 1.70 bits per heavy atom. The third-order valence-electron chi connectivity index (χ3n) is 2.78. The minimum Gasteiger partial charge on any atom is -0.373 e. The number of halogens is 3. The largest absolute Gasteiger partial charge is 0.373 e. The molecule has 0 aliphatic heterocycles. The van der Waals surface area contributed by atoms with E-state index < -0.39 is 17.5 Å². The number of hydrogen-bond donors (Lipinski definition) is 1. The van der Waals surface area contributed by atoms with Crippen molar-refractivity contribution in [3.63, 3.8) is 0 Å². The zero-order chi connectivity index (χ0) is 14.7. The molecule has 20 heavy (non-hydrogen) atoms. The summed E-state index contributed by atoms with van der Waals surface area (Å²) in [5.74, 6) is -2.84. The van der Waals surface area contributed by atoms with E-state index in [1.54, 1.807) is 13.1 Å². The molecule has 0 bridgehead atoms. The van der Waals surface area contributed by atoms with Gasteiger partial charge in [-0.1, -0.05) is 6.92 Å². The van der Waals surface area contributed by atoms with Crippen LogP contribution in [0.4, 0.5) is 19.0 Å². The lowest BCUT2D eigenvalue weighted by Crippen LogP contribution is -2.02. The number of benzene rings is 1. The summed E-state index contributed by atoms with van der Waals surface area (Å²) in [6.07, 6.45) is 1.49. The Morgan fingerprint density at radius 3 is 2.25 bits per heavy atom. The Hall–Kier alpha value is -2.11. The molecule has 0 saturated carbocycles. The van der Waals surface area contributed by atoms with Gasteiger partial charge in [0.05, 0.1) is 5.69 Å². The zero-order valence-electron chi connectivity index (χ0n) is 11.2. The van der Waals surface area contributed by atoms with E-state index in [0.717, 1.165) is 18.6 Å². The van der Waals surface area contributed by atoms with Crippen molar-refractivity contribution in [2.75, 3.05) is 12.4 Å². The Labute approximate surface area is 114 Å². The zero-order valence-corrected chi connectivity index (χ0v) is 11.2. The Balaban J connectivity index is 2.53. The van der Waals surface area contributed by atoms with Crippen LogP contribution in [-0.4, -0.2) is 17.0 Å². The van der Waals surface area contributed by atoms with Gasteiger partial charge in [-0.15, -0.1) is 0 Å². The Bertz CT molecular complexity index is 606. The maximum Gasteiger partial charge on any atom is 0.194 e. The molecule has 0 aliphatic rings. The van der Waals surface area contributed by atoms with E-state index in [1.807, 2.05) is 6.92 Å². The van der Waals surface area contributed by atoms with Crippen molar-refractivity contribution in [2.45, 2.75) is 19.8 Å². The first-order chi connectivity index (χ1) is 9.55. The summed E-state index contributed by atoms with van der Waals surface area (Å²) in [6.45, 7) is 1.98. The smallest absolute Gasteiger partial charge is 0.194 e. The number of nitrogens with one attached hydrogen (secondary N) is 1. The van der Waals surface area contributed by atoms with Gasteiger partial charge in [-0.05, 0) is 18.6 Å². The van der Waals surface area contributed by atoms with E-state index in [0.29, 0.717) is 23.8 Å². The number of aromatic nitrogens is 2. The monoisotopic (exact) mass is 281 g/mol. The van der Waals surface area contributed by atoms with Crippen LogP contribution in [0.1, 0.15) is 19.2 Å². The van der Waals surface area contributed by atoms with Crippen molar-refractivity contribution < 1.29 is 13.2 Å². The number of anilines is 1. The molecular weight excluding hydrogens is 267 g/mol. The lowest BCUT2D eigenvalue weighted by molar-refractivity contribution is 0.447. The summed E-state index contributed by atoms with van der Waals surface area (Å²) in [7, 11) is 1.69. The maximum atomic E-state index is 13.3. The SMILES string of the molecule is CCCc1nc(NC)cc(-c2cc(F)c(F)c(F)c2)n1. The first-order valence-corrected chi connectivity index (χ1v) is 6.25. The molecule has 0 amide bonds. The first kappa shape index (κ1) is 14.3. The highest BCUT2D eigenvalue weighted by molar-refractivity contribution is 5.62. The number of nitrogens with zero attached hydrogens (tertiary/aromatic N) is 2. The normalized spacial score (nSPS) is 10.7. The molecule has 1 N–H and O–H groups in total. The van der Waals surface area contributed by atoms with E-state index in [4.69, 9.17) is 0 Å². The number of hydrogen-bond acceptors (Lipinski definition) is 3. The summed E-state index contributed by atoms with van der Waals surface area (Å²) < 4.78 is 39.5. The highest BCUT2D eigenvalue weighted by atomic mass is 19.2. The van der Waals surface area contributed by atoms with Crippen LogP contribution in [0.15, 0.2) is 18.2 Å². The van der Waals surface area contributed by atoms with Gasteiger partial charge in [-0.2, -0.15) is 0 Å². The minimum absolute atomic E-state index is 0.178. The molecule has 1 aromatic heterocycles. The molecule has 0 atom stereocenters. The molecule has 0 saturated heterocycles. The Kier molecular flexibility index (Phi) is 4.22. The molecule has 0 fully saturated rings. The van der Waals surface area contributed by atoms with Gasteiger partial charge in [0, 0.05) is 25.1 Å². The first-order valence-electron chi connectivity index (χ1n) is 6.25. The average molecular weight is 281 g/mol. The third-order valence-corrected chi connectivity index (χ3v) is 2.78. The molecule has 2 rings (SSSR count). The Morgan fingerprint density at radius 1 is 1.05 bits per heavy atom. The summed E-state index contributed by atoms with van der Waals surface area (Å²) in [6, 6.07) is 3.41. The van der Waals surface area contributed by atoms with Gasteiger partial charge in [0.25, 0.3) is 0 Å². The van der Waals surface area contributed by atoms with Crippen molar-refractivity contribution in [3.05, 3.63) is 41.5 Å². The van der Waals surface area contributed by atoms with Crippen molar-refractivity contribution in [2.24, 2.45) is 0 Å². The molecule has 1 heterocycles. The highest BCUT2D eigenvalue weighted by Crippen LogP contribution is 2.24. The fourth-order valence-electron chi connectivity index (χ4n) is 1.81. The van der Waals surface area contributed by atoms with Crippen molar-refractivity contribution in [3.8, 4) is 11.3 Å². The second-order valence-electron chi connectivity index (χ2n) is 4.31. The van der Waals surface area contributed by atoms with Crippen LogP contribution in [0.2, 0.25) is 0 Å². The number of rotatable bonds is 4. The van der Waals surface area contributed by atoms with E-state index in [2.05, 4.69) is 15.3 Å². The molecule has 0 radical (unpaired) electrons. The van der Waals surface area contributed by atoms with Crippen LogP contribution >= 0.6 is 0 Å². The fourth-order valence-corrected chi connectivity index (χ4v) is 1.81. The highest BCUT2D eigenvalue weighted by Gasteiger charge is 2.13. The fraction of sp³-hybridized carbons (Fsp3) is 0.286. The van der Waals surface area contributed by atoms with Gasteiger partial charge < -0.3 is 5.32 Å². The van der Waals surface area contributed by atoms with Gasteiger partial charge in [0.2, 0.25) is 0 Å². The van der Waals surface area contributed by atoms with Crippen LogP contribution in [0, 0.1) is 17.5 Å². The van der Waals surface area contributed by atoms with Crippen molar-refractivity contribution in [1.82, 2.24) is 9.97 Å². The molecule has 106 valence electrons. The standard InChI is InChI=1S/C14H14F3N3/c1-3-4-12-19-11(7-13(18-2)20-12)8-5-9(15)14(17)10(16)6-8/h5-7H,3-4H2,1-2H3,(H,18,19,20). The number of aryl methyl sites for hydroxylation is 1. The third kappa shape index (κ3) is 2.89. The van der Waals surface area contributed by atoms with Gasteiger partial charge in [-0.3, -0.25) is 0 Å². The molecule has 2 aromatic rings. The van der Waals surface area contributed by atoms with E-state index in [9.17, 15) is 13.2 Å². The van der Waals surface area contributed by atoms with Crippen molar-refractivity contribution >= 4 is 5.82 Å². The summed E-state index contributed by atoms with van der Waals surface area (Å²) in [5.41, 5.74) is 0.531. The molecule has 6 heteroatoms. The molecule has 0 aliphatic carbocycles.